The Hall–Kier alpha value is -3.46. The summed E-state index contributed by atoms with van der Waals surface area (Å²) in [6.45, 7) is 5.58. The fraction of sp³-hybridized carbons (Fsp3) is 0.200. The highest BCUT2D eigenvalue weighted by molar-refractivity contribution is 7.14. The van der Waals surface area contributed by atoms with Crippen molar-refractivity contribution in [2.75, 3.05) is 0 Å². The van der Waals surface area contributed by atoms with Crippen molar-refractivity contribution in [3.63, 3.8) is 0 Å². The van der Waals surface area contributed by atoms with Gasteiger partial charge in [0.1, 0.15) is 10.0 Å². The molecule has 0 saturated carbocycles. The molecule has 0 aliphatic rings. The Morgan fingerprint density at radius 3 is 2.62 bits per heavy atom. The van der Waals surface area contributed by atoms with Gasteiger partial charge in [-0.2, -0.15) is 5.10 Å². The minimum absolute atomic E-state index is 0.00428. The molecule has 0 spiro atoms. The lowest BCUT2D eigenvalue weighted by atomic mass is 10.2. The summed E-state index contributed by atoms with van der Waals surface area (Å²) in [7, 11) is 0. The maximum absolute atomic E-state index is 12.5. The number of aromatic nitrogens is 3. The van der Waals surface area contributed by atoms with E-state index in [-0.39, 0.29) is 11.8 Å². The van der Waals surface area contributed by atoms with Crippen molar-refractivity contribution in [2.45, 2.75) is 26.8 Å². The highest BCUT2D eigenvalue weighted by Gasteiger charge is 2.18. The molecule has 0 saturated heterocycles. The molecule has 1 unspecified atom stereocenters. The lowest BCUT2D eigenvalue weighted by molar-refractivity contribution is -0.115. The summed E-state index contributed by atoms with van der Waals surface area (Å²) in [6.07, 6.45) is 1.33. The first-order chi connectivity index (χ1) is 14.0. The number of aryl methyl sites for hydroxylation is 2. The number of carbonyl (C=O) groups excluding carboxylic acids is 1. The van der Waals surface area contributed by atoms with Crippen molar-refractivity contribution in [1.29, 1.82) is 0 Å². The molecule has 3 N–H and O–H groups in total. The Bertz CT molecular complexity index is 1060. The van der Waals surface area contributed by atoms with Crippen LogP contribution in [0.1, 0.15) is 29.4 Å². The van der Waals surface area contributed by atoms with Gasteiger partial charge in [0.15, 0.2) is 5.71 Å². The van der Waals surface area contributed by atoms with Crippen molar-refractivity contribution in [3.05, 3.63) is 58.9 Å². The number of hydrogen-bond acceptors (Lipinski definition) is 8. The normalized spacial score (nSPS) is 12.9. The Labute approximate surface area is 172 Å². The molecule has 2 aromatic heterocycles. The molecule has 1 amide bonds. The Morgan fingerprint density at radius 2 is 1.93 bits per heavy atom. The topological polar surface area (TPSA) is 119 Å². The summed E-state index contributed by atoms with van der Waals surface area (Å²) in [5, 5.41) is 16.2. The first kappa shape index (κ1) is 20.3. The molecule has 9 heteroatoms. The number of benzene rings is 1. The monoisotopic (exact) mass is 407 g/mol. The third kappa shape index (κ3) is 5.08. The van der Waals surface area contributed by atoms with E-state index in [0.29, 0.717) is 10.7 Å². The highest BCUT2D eigenvalue weighted by Crippen LogP contribution is 2.26. The summed E-state index contributed by atoms with van der Waals surface area (Å²) in [5.41, 5.74) is 3.29. The van der Waals surface area contributed by atoms with E-state index in [0.717, 1.165) is 22.0 Å². The lowest BCUT2D eigenvalue weighted by Gasteiger charge is -2.10. The molecule has 0 radical (unpaired) electrons. The van der Waals surface area contributed by atoms with Crippen LogP contribution in [0.5, 0.6) is 0 Å². The molecule has 1 aromatic carbocycles. The molecule has 8 nitrogen and oxygen atoms in total. The quantitative estimate of drug-likeness (QED) is 0.370. The second-order valence-electron chi connectivity index (χ2n) is 6.34. The van der Waals surface area contributed by atoms with Gasteiger partial charge in [0.2, 0.25) is 0 Å². The van der Waals surface area contributed by atoms with Gasteiger partial charge in [-0.15, -0.1) is 10.2 Å². The van der Waals surface area contributed by atoms with Gasteiger partial charge >= 0.3 is 0 Å². The van der Waals surface area contributed by atoms with Gasteiger partial charge in [-0.05, 0) is 32.9 Å². The fourth-order valence-electron chi connectivity index (χ4n) is 2.54. The minimum atomic E-state index is -0.446. The standard InChI is InChI=1S/C20H21N7OS/c1-12-9-10-16(13(2)23-12)22-11-17(25-21)18(28)24-14(3)19-26-27-20(29-19)15-7-5-4-6-8-15/h4-11,14H,21H2,1-3H3,(H,24,28)/b22-11?,25-17+. The van der Waals surface area contributed by atoms with E-state index in [2.05, 4.69) is 30.6 Å². The van der Waals surface area contributed by atoms with E-state index in [4.69, 9.17) is 5.84 Å². The van der Waals surface area contributed by atoms with E-state index >= 15 is 0 Å². The Kier molecular flexibility index (Phi) is 6.40. The SMILES string of the molecule is Cc1ccc(N=C/C(=N\N)C(=O)NC(C)c2nnc(-c3ccccc3)s2)c(C)n1. The molecule has 0 fully saturated rings. The van der Waals surface area contributed by atoms with Gasteiger partial charge in [0.05, 0.1) is 23.6 Å². The van der Waals surface area contributed by atoms with Crippen LogP contribution in [0.2, 0.25) is 0 Å². The average Bonchev–Trinajstić information content (AvgIpc) is 3.21. The predicted molar refractivity (Wildman–Crippen MR) is 115 cm³/mol. The zero-order chi connectivity index (χ0) is 20.8. The fourth-order valence-corrected chi connectivity index (χ4v) is 3.39. The van der Waals surface area contributed by atoms with Crippen molar-refractivity contribution >= 4 is 34.9 Å². The first-order valence-electron chi connectivity index (χ1n) is 8.94. The maximum atomic E-state index is 12.5. The number of pyridine rings is 1. The molecule has 3 rings (SSSR count). The van der Waals surface area contributed by atoms with Crippen molar-refractivity contribution in [1.82, 2.24) is 20.5 Å². The van der Waals surface area contributed by atoms with Gasteiger partial charge < -0.3 is 11.2 Å². The Balaban J connectivity index is 1.68. The van der Waals surface area contributed by atoms with Crippen LogP contribution in [-0.2, 0) is 4.79 Å². The van der Waals surface area contributed by atoms with Gasteiger partial charge in [-0.1, -0.05) is 41.7 Å². The molecule has 29 heavy (non-hydrogen) atoms. The summed E-state index contributed by atoms with van der Waals surface area (Å²) in [6, 6.07) is 13.1. The first-order valence-corrected chi connectivity index (χ1v) is 9.75. The smallest absolute Gasteiger partial charge is 0.273 e. The van der Waals surface area contributed by atoms with Crippen LogP contribution in [0.15, 0.2) is 52.6 Å². The summed E-state index contributed by atoms with van der Waals surface area (Å²) >= 11 is 1.42. The molecular weight excluding hydrogens is 386 g/mol. The Morgan fingerprint density at radius 1 is 1.17 bits per heavy atom. The number of amides is 1. The predicted octanol–water partition coefficient (Wildman–Crippen LogP) is 3.11. The van der Waals surface area contributed by atoms with Gasteiger partial charge in [-0.25, -0.2) is 0 Å². The number of nitrogens with two attached hydrogens (primary N) is 1. The molecule has 2 heterocycles. The third-order valence-corrected chi connectivity index (χ3v) is 5.23. The summed E-state index contributed by atoms with van der Waals surface area (Å²) < 4.78 is 0. The molecular formula is C20H21N7OS. The highest BCUT2D eigenvalue weighted by atomic mass is 32.1. The number of rotatable bonds is 6. The van der Waals surface area contributed by atoms with E-state index < -0.39 is 5.91 Å². The molecule has 1 atom stereocenters. The molecule has 3 aromatic rings. The lowest BCUT2D eigenvalue weighted by Crippen LogP contribution is -2.34. The van der Waals surface area contributed by atoms with E-state index in [1.54, 1.807) is 0 Å². The average molecular weight is 408 g/mol. The molecule has 0 bridgehead atoms. The zero-order valence-corrected chi connectivity index (χ0v) is 17.1. The van der Waals surface area contributed by atoms with Crippen LogP contribution >= 0.6 is 11.3 Å². The van der Waals surface area contributed by atoms with Crippen LogP contribution in [0.25, 0.3) is 10.6 Å². The summed E-state index contributed by atoms with van der Waals surface area (Å²) in [5.74, 6) is 4.94. The zero-order valence-electron chi connectivity index (χ0n) is 16.3. The number of carbonyl (C=O) groups is 1. The van der Waals surface area contributed by atoms with E-state index in [1.807, 2.05) is 63.2 Å². The van der Waals surface area contributed by atoms with Gasteiger partial charge in [0, 0.05) is 11.3 Å². The van der Waals surface area contributed by atoms with Gasteiger partial charge in [-0.3, -0.25) is 14.8 Å². The third-order valence-electron chi connectivity index (χ3n) is 4.07. The summed E-state index contributed by atoms with van der Waals surface area (Å²) in [4.78, 5) is 21.1. The number of aliphatic imine (C=N–C) groups is 1. The number of hydrazone groups is 1. The van der Waals surface area contributed by atoms with Crippen LogP contribution in [0.4, 0.5) is 5.69 Å². The van der Waals surface area contributed by atoms with Crippen LogP contribution in [-0.4, -0.2) is 33.0 Å². The molecule has 0 aliphatic carbocycles. The van der Waals surface area contributed by atoms with Crippen molar-refractivity contribution in [3.8, 4) is 10.6 Å². The largest absolute Gasteiger partial charge is 0.342 e. The second kappa shape index (κ2) is 9.16. The van der Waals surface area contributed by atoms with Gasteiger partial charge in [0.25, 0.3) is 5.91 Å². The van der Waals surface area contributed by atoms with Crippen LogP contribution in [0.3, 0.4) is 0 Å². The maximum Gasteiger partial charge on any atom is 0.273 e. The minimum Gasteiger partial charge on any atom is -0.342 e. The van der Waals surface area contributed by atoms with E-state index in [1.165, 1.54) is 17.6 Å². The van der Waals surface area contributed by atoms with Crippen LogP contribution in [0, 0.1) is 13.8 Å². The van der Waals surface area contributed by atoms with Crippen LogP contribution < -0.4 is 11.2 Å². The molecule has 0 aliphatic heterocycles. The number of nitrogens with one attached hydrogen (secondary N) is 1. The van der Waals surface area contributed by atoms with E-state index in [9.17, 15) is 4.79 Å². The van der Waals surface area contributed by atoms with Crippen molar-refractivity contribution < 1.29 is 4.79 Å². The number of hydrogen-bond donors (Lipinski definition) is 2. The number of nitrogens with zero attached hydrogens (tertiary/aromatic N) is 5. The molecule has 148 valence electrons. The second-order valence-corrected chi connectivity index (χ2v) is 7.35. The van der Waals surface area contributed by atoms with Crippen molar-refractivity contribution in [2.24, 2.45) is 15.9 Å².